The number of aryl methyl sites for hydroxylation is 1. The van der Waals surface area contributed by atoms with Crippen molar-refractivity contribution in [1.29, 1.82) is 0 Å². The lowest BCUT2D eigenvalue weighted by Gasteiger charge is -2.07. The standard InChI is InChI=1S/C12H9BrN2O3S/c1-6-10(19-5-14-6)11(16)15-9-4-7(12(17)18)2-3-8(9)13/h2-5H,1H3,(H,15,16)(H,17,18). The maximum atomic E-state index is 12.0. The maximum Gasteiger partial charge on any atom is 0.335 e. The van der Waals surface area contributed by atoms with Crippen LogP contribution in [-0.2, 0) is 0 Å². The molecule has 0 saturated heterocycles. The molecule has 0 unspecified atom stereocenters. The number of benzene rings is 1. The summed E-state index contributed by atoms with van der Waals surface area (Å²) in [6, 6.07) is 4.44. The molecular formula is C12H9BrN2O3S. The van der Waals surface area contributed by atoms with Gasteiger partial charge in [-0.15, -0.1) is 11.3 Å². The van der Waals surface area contributed by atoms with E-state index in [1.807, 2.05) is 0 Å². The molecule has 1 aromatic carbocycles. The molecule has 0 fully saturated rings. The molecule has 2 rings (SSSR count). The third-order valence-corrected chi connectivity index (χ3v) is 4.03. The predicted octanol–water partition coefficient (Wildman–Crippen LogP) is 3.16. The molecule has 2 N–H and O–H groups in total. The molecule has 0 aliphatic heterocycles. The van der Waals surface area contributed by atoms with Crippen molar-refractivity contribution in [3.8, 4) is 0 Å². The maximum absolute atomic E-state index is 12.0. The van der Waals surface area contributed by atoms with E-state index in [1.165, 1.54) is 23.5 Å². The number of amides is 1. The molecule has 7 heteroatoms. The molecule has 0 spiro atoms. The van der Waals surface area contributed by atoms with Gasteiger partial charge in [-0.1, -0.05) is 0 Å². The molecule has 0 aliphatic rings. The number of halogens is 1. The van der Waals surface area contributed by atoms with E-state index < -0.39 is 5.97 Å². The van der Waals surface area contributed by atoms with Crippen LogP contribution in [0.2, 0.25) is 0 Å². The summed E-state index contributed by atoms with van der Waals surface area (Å²) in [7, 11) is 0. The summed E-state index contributed by atoms with van der Waals surface area (Å²) in [4.78, 5) is 27.4. The molecule has 0 atom stereocenters. The van der Waals surface area contributed by atoms with Gasteiger partial charge in [-0.2, -0.15) is 0 Å². The van der Waals surface area contributed by atoms with E-state index in [1.54, 1.807) is 18.5 Å². The van der Waals surface area contributed by atoms with Crippen molar-refractivity contribution in [3.63, 3.8) is 0 Å². The van der Waals surface area contributed by atoms with E-state index in [-0.39, 0.29) is 11.5 Å². The van der Waals surface area contributed by atoms with Crippen molar-refractivity contribution < 1.29 is 14.7 Å². The van der Waals surface area contributed by atoms with Crippen molar-refractivity contribution in [1.82, 2.24) is 4.98 Å². The summed E-state index contributed by atoms with van der Waals surface area (Å²) in [6.45, 7) is 1.74. The minimum atomic E-state index is -1.04. The number of rotatable bonds is 3. The average Bonchev–Trinajstić information content (AvgIpc) is 2.78. The van der Waals surface area contributed by atoms with Crippen LogP contribution in [0.5, 0.6) is 0 Å². The Bertz CT molecular complexity index is 654. The number of carboxylic acids is 1. The van der Waals surface area contributed by atoms with Gasteiger partial charge in [0.1, 0.15) is 4.88 Å². The SMILES string of the molecule is Cc1ncsc1C(=O)Nc1cc(C(=O)O)ccc1Br. The third-order valence-electron chi connectivity index (χ3n) is 2.41. The van der Waals surface area contributed by atoms with Crippen LogP contribution in [0.15, 0.2) is 28.2 Å². The number of carbonyl (C=O) groups is 2. The van der Waals surface area contributed by atoms with Crippen LogP contribution >= 0.6 is 27.3 Å². The fourth-order valence-corrected chi connectivity index (χ4v) is 2.50. The van der Waals surface area contributed by atoms with E-state index >= 15 is 0 Å². The van der Waals surface area contributed by atoms with Crippen LogP contribution in [0.1, 0.15) is 25.7 Å². The smallest absolute Gasteiger partial charge is 0.335 e. The number of thiazole rings is 1. The number of hydrogen-bond donors (Lipinski definition) is 2. The normalized spacial score (nSPS) is 10.2. The molecule has 1 amide bonds. The Kier molecular flexibility index (Phi) is 3.96. The number of nitrogens with one attached hydrogen (secondary N) is 1. The van der Waals surface area contributed by atoms with Gasteiger partial charge in [0.2, 0.25) is 0 Å². The lowest BCUT2D eigenvalue weighted by molar-refractivity contribution is 0.0696. The minimum absolute atomic E-state index is 0.111. The largest absolute Gasteiger partial charge is 0.478 e. The first-order valence-corrected chi connectivity index (χ1v) is 6.90. The summed E-state index contributed by atoms with van der Waals surface area (Å²) in [5.41, 5.74) is 2.76. The van der Waals surface area contributed by atoms with E-state index in [2.05, 4.69) is 26.2 Å². The third kappa shape index (κ3) is 2.99. The Balaban J connectivity index is 2.28. The molecule has 5 nitrogen and oxygen atoms in total. The van der Waals surface area contributed by atoms with E-state index in [0.29, 0.717) is 20.7 Å². The van der Waals surface area contributed by atoms with E-state index in [9.17, 15) is 9.59 Å². The highest BCUT2D eigenvalue weighted by atomic mass is 79.9. The number of aromatic carboxylic acids is 1. The van der Waals surface area contributed by atoms with E-state index in [4.69, 9.17) is 5.11 Å². The van der Waals surface area contributed by atoms with Gasteiger partial charge in [0.25, 0.3) is 5.91 Å². The molecule has 0 radical (unpaired) electrons. The van der Waals surface area contributed by atoms with Crippen LogP contribution in [0.3, 0.4) is 0 Å². The van der Waals surface area contributed by atoms with Crippen LogP contribution in [0.25, 0.3) is 0 Å². The van der Waals surface area contributed by atoms with Crippen LogP contribution in [0.4, 0.5) is 5.69 Å². The predicted molar refractivity (Wildman–Crippen MR) is 75.9 cm³/mol. The Morgan fingerprint density at radius 3 is 2.74 bits per heavy atom. The number of hydrogen-bond acceptors (Lipinski definition) is 4. The monoisotopic (exact) mass is 340 g/mol. The molecular weight excluding hydrogens is 332 g/mol. The Morgan fingerprint density at radius 1 is 1.42 bits per heavy atom. The quantitative estimate of drug-likeness (QED) is 0.899. The topological polar surface area (TPSA) is 79.3 Å². The summed E-state index contributed by atoms with van der Waals surface area (Å²) in [5, 5.41) is 11.6. The van der Waals surface area contributed by atoms with Gasteiger partial charge in [0.15, 0.2) is 0 Å². The Hall–Kier alpha value is -1.73. The van der Waals surface area contributed by atoms with Crippen LogP contribution in [-0.4, -0.2) is 22.0 Å². The molecule has 0 aliphatic carbocycles. The highest BCUT2D eigenvalue weighted by Gasteiger charge is 2.14. The zero-order chi connectivity index (χ0) is 14.0. The van der Waals surface area contributed by atoms with Gasteiger partial charge in [-0.05, 0) is 41.1 Å². The number of nitrogens with zero attached hydrogens (tertiary/aromatic N) is 1. The molecule has 2 aromatic rings. The first kappa shape index (κ1) is 13.7. The lowest BCUT2D eigenvalue weighted by Crippen LogP contribution is -2.12. The second-order valence-corrected chi connectivity index (χ2v) is 5.43. The second kappa shape index (κ2) is 5.50. The van der Waals surface area contributed by atoms with Crippen LogP contribution in [0, 0.1) is 6.92 Å². The molecule has 98 valence electrons. The highest BCUT2D eigenvalue weighted by molar-refractivity contribution is 9.10. The average molecular weight is 341 g/mol. The van der Waals surface area contributed by atoms with Crippen molar-refractivity contribution >= 4 is 44.8 Å². The molecule has 19 heavy (non-hydrogen) atoms. The molecule has 0 bridgehead atoms. The summed E-state index contributed by atoms with van der Waals surface area (Å²) in [5.74, 6) is -1.35. The number of carbonyl (C=O) groups excluding carboxylic acids is 1. The van der Waals surface area contributed by atoms with Gasteiger partial charge >= 0.3 is 5.97 Å². The van der Waals surface area contributed by atoms with Crippen LogP contribution < -0.4 is 5.32 Å². The van der Waals surface area contributed by atoms with Gasteiger partial charge < -0.3 is 10.4 Å². The van der Waals surface area contributed by atoms with E-state index in [0.717, 1.165) is 0 Å². The van der Waals surface area contributed by atoms with Gasteiger partial charge in [-0.3, -0.25) is 4.79 Å². The number of aromatic nitrogens is 1. The first-order chi connectivity index (χ1) is 8.99. The highest BCUT2D eigenvalue weighted by Crippen LogP contribution is 2.25. The summed E-state index contributed by atoms with van der Waals surface area (Å²) >= 11 is 4.51. The van der Waals surface area contributed by atoms with Crippen molar-refractivity contribution in [2.24, 2.45) is 0 Å². The first-order valence-electron chi connectivity index (χ1n) is 5.23. The van der Waals surface area contributed by atoms with Crippen molar-refractivity contribution in [2.75, 3.05) is 5.32 Å². The van der Waals surface area contributed by atoms with Gasteiger partial charge in [0, 0.05) is 4.47 Å². The zero-order valence-electron chi connectivity index (χ0n) is 9.81. The van der Waals surface area contributed by atoms with Gasteiger partial charge in [0.05, 0.1) is 22.5 Å². The Labute approximate surface area is 121 Å². The summed E-state index contributed by atoms with van der Waals surface area (Å²) in [6.07, 6.45) is 0. The molecule has 1 heterocycles. The fourth-order valence-electron chi connectivity index (χ4n) is 1.45. The Morgan fingerprint density at radius 2 is 2.16 bits per heavy atom. The van der Waals surface area contributed by atoms with Crippen molar-refractivity contribution in [3.05, 3.63) is 44.3 Å². The van der Waals surface area contributed by atoms with Crippen molar-refractivity contribution in [2.45, 2.75) is 6.92 Å². The minimum Gasteiger partial charge on any atom is -0.478 e. The zero-order valence-corrected chi connectivity index (χ0v) is 12.2. The van der Waals surface area contributed by atoms with Gasteiger partial charge in [-0.25, -0.2) is 9.78 Å². The second-order valence-electron chi connectivity index (χ2n) is 3.72. The fraction of sp³-hybridized carbons (Fsp3) is 0.0833. The summed E-state index contributed by atoms with van der Waals surface area (Å²) < 4.78 is 0.619. The molecule has 0 saturated carbocycles. The number of carboxylic acid groups (broad SMARTS) is 1. The molecule has 1 aromatic heterocycles. The lowest BCUT2D eigenvalue weighted by atomic mass is 10.2. The number of anilines is 1.